The molecule has 0 aromatic heterocycles. The third kappa shape index (κ3) is 3.59. The Morgan fingerprint density at radius 1 is 0.774 bits per heavy atom. The van der Waals surface area contributed by atoms with Crippen molar-refractivity contribution in [3.8, 4) is 11.1 Å². The molecule has 6 aliphatic carbocycles. The van der Waals surface area contributed by atoms with Crippen LogP contribution in [0.4, 0.5) is 0 Å². The molecule has 0 unspecified atom stereocenters. The quantitative estimate of drug-likeness (QED) is 0.464. The fraction of sp³-hybridized carbons (Fsp3) is 0.429. The van der Waals surface area contributed by atoms with Gasteiger partial charge in [-0.05, 0) is 0 Å². The molecule has 4 fully saturated rings. The van der Waals surface area contributed by atoms with Crippen LogP contribution in [-0.2, 0) is 29.7 Å². The van der Waals surface area contributed by atoms with Gasteiger partial charge in [0.2, 0.25) is 0 Å². The zero-order valence-electron chi connectivity index (χ0n) is 17.8. The average molecular weight is 527 g/mol. The second kappa shape index (κ2) is 8.31. The Balaban J connectivity index is 0.00000102. The second-order valence-corrected chi connectivity index (χ2v) is 14.0. The van der Waals surface area contributed by atoms with Crippen molar-refractivity contribution in [3.63, 3.8) is 0 Å². The van der Waals surface area contributed by atoms with Gasteiger partial charge in [0, 0.05) is 0 Å². The van der Waals surface area contributed by atoms with Crippen molar-refractivity contribution < 1.29 is 48.0 Å². The Hall–Kier alpha value is -0.617. The van der Waals surface area contributed by atoms with E-state index >= 15 is 0 Å². The molecule has 0 spiro atoms. The molecule has 0 atom stereocenters. The zero-order chi connectivity index (χ0) is 19.0. The summed E-state index contributed by atoms with van der Waals surface area (Å²) >= 11 is -0.697. The van der Waals surface area contributed by atoms with Gasteiger partial charge in [-0.25, -0.2) is 0 Å². The molecular weight excluding hydrogens is 498 g/mol. The van der Waals surface area contributed by atoms with Gasteiger partial charge in [0.1, 0.15) is 0 Å². The van der Waals surface area contributed by atoms with Gasteiger partial charge in [-0.2, -0.15) is 0 Å². The number of allylic oxidation sites excluding steroid dienone is 4. The first kappa shape index (κ1) is 22.2. The zero-order valence-corrected chi connectivity index (χ0v) is 21.8. The van der Waals surface area contributed by atoms with E-state index in [2.05, 4.69) is 54.6 Å². The maximum absolute atomic E-state index is 2.72. The molecule has 0 N–H and O–H groups in total. The minimum absolute atomic E-state index is 0. The molecule has 31 heavy (non-hydrogen) atoms. The number of benzene rings is 2. The van der Waals surface area contributed by atoms with Gasteiger partial charge in [-0.1, -0.05) is 0 Å². The Labute approximate surface area is 210 Å². The third-order valence-electron chi connectivity index (χ3n) is 8.67. The summed E-state index contributed by atoms with van der Waals surface area (Å²) in [6.45, 7) is 0. The molecule has 0 saturated heterocycles. The normalized spacial score (nSPS) is 31.0. The molecule has 3 heteroatoms. The van der Waals surface area contributed by atoms with Gasteiger partial charge in [-0.3, -0.25) is 0 Å². The van der Waals surface area contributed by atoms with Gasteiger partial charge in [-0.15, -0.1) is 0 Å². The molecule has 4 saturated carbocycles. The van der Waals surface area contributed by atoms with Crippen LogP contribution < -0.4 is 28.1 Å². The molecule has 0 radical (unpaired) electrons. The van der Waals surface area contributed by atoms with Crippen molar-refractivity contribution in [2.45, 2.75) is 51.4 Å². The molecule has 2 aromatic carbocycles. The van der Waals surface area contributed by atoms with Crippen LogP contribution in [0.2, 0.25) is 0 Å². The van der Waals surface area contributed by atoms with E-state index in [1.54, 1.807) is 33.7 Å². The van der Waals surface area contributed by atoms with Gasteiger partial charge in [0.05, 0.1) is 0 Å². The summed E-state index contributed by atoms with van der Waals surface area (Å²) in [5, 5.41) is 0. The van der Waals surface area contributed by atoms with Gasteiger partial charge in [0.15, 0.2) is 0 Å². The first-order chi connectivity index (χ1) is 14.3. The van der Waals surface area contributed by atoms with E-state index in [-0.39, 0.29) is 24.8 Å². The number of rotatable bonds is 3. The molecule has 158 valence electrons. The molecule has 0 amide bonds. The largest absolute Gasteiger partial charge is 1.00 e. The summed E-state index contributed by atoms with van der Waals surface area (Å²) in [5.41, 5.74) is 8.56. The molecule has 0 nitrogen and oxygen atoms in total. The van der Waals surface area contributed by atoms with Crippen molar-refractivity contribution in [1.29, 1.82) is 0 Å². The van der Waals surface area contributed by atoms with Crippen LogP contribution in [0.15, 0.2) is 63.5 Å². The molecular formula is C28H28Cl2Zr. The molecule has 2 aromatic rings. The SMILES string of the molecule is C1=[C]([Zr+2][c]2cccc3c2Cc2ccccc2-3)CC=C1C12CC3CC(CC(C3)C1)C2.[Cl-].[Cl-]. The minimum atomic E-state index is -0.697. The predicted molar refractivity (Wildman–Crippen MR) is 116 cm³/mol. The average Bonchev–Trinajstić information content (AvgIpc) is 3.33. The first-order valence-corrected chi connectivity index (χ1v) is 14.1. The molecule has 6 aliphatic rings. The van der Waals surface area contributed by atoms with Crippen molar-refractivity contribution in [2.24, 2.45) is 23.2 Å². The van der Waals surface area contributed by atoms with Crippen LogP contribution in [-0.4, -0.2) is 0 Å². The van der Waals surface area contributed by atoms with Gasteiger partial charge in [0.25, 0.3) is 0 Å². The van der Waals surface area contributed by atoms with Gasteiger partial charge < -0.3 is 24.8 Å². The summed E-state index contributed by atoms with van der Waals surface area (Å²) in [5.74, 6) is 3.15. The van der Waals surface area contributed by atoms with E-state index in [0.29, 0.717) is 5.41 Å². The third-order valence-corrected chi connectivity index (χ3v) is 12.1. The number of hydrogen-bond acceptors (Lipinski definition) is 0. The summed E-state index contributed by atoms with van der Waals surface area (Å²) in [7, 11) is 0. The van der Waals surface area contributed by atoms with Crippen LogP contribution in [0.1, 0.15) is 56.1 Å². The molecule has 0 aliphatic heterocycles. The van der Waals surface area contributed by atoms with E-state index in [9.17, 15) is 0 Å². The van der Waals surface area contributed by atoms with Crippen molar-refractivity contribution in [2.75, 3.05) is 0 Å². The van der Waals surface area contributed by atoms with Crippen LogP contribution in [0.25, 0.3) is 11.1 Å². The van der Waals surface area contributed by atoms with E-state index in [4.69, 9.17) is 0 Å². The maximum Gasteiger partial charge on any atom is -1.00 e. The van der Waals surface area contributed by atoms with E-state index in [1.165, 1.54) is 42.4 Å². The van der Waals surface area contributed by atoms with Crippen LogP contribution in [0, 0.1) is 23.2 Å². The number of halogens is 2. The predicted octanol–water partition coefficient (Wildman–Crippen LogP) is 0.404. The molecule has 8 rings (SSSR count). The summed E-state index contributed by atoms with van der Waals surface area (Å²) in [6.07, 6.45) is 17.0. The van der Waals surface area contributed by atoms with Crippen LogP contribution in [0.5, 0.6) is 0 Å². The van der Waals surface area contributed by atoms with Crippen molar-refractivity contribution >= 4 is 3.27 Å². The fourth-order valence-electron chi connectivity index (χ4n) is 7.89. The Morgan fingerprint density at radius 2 is 1.45 bits per heavy atom. The van der Waals surface area contributed by atoms with Crippen LogP contribution in [0.3, 0.4) is 0 Å². The van der Waals surface area contributed by atoms with Crippen LogP contribution >= 0.6 is 0 Å². The number of fused-ring (bicyclic) bond motifs is 3. The monoisotopic (exact) mass is 524 g/mol. The van der Waals surface area contributed by atoms with E-state index in [0.717, 1.165) is 24.2 Å². The maximum atomic E-state index is 2.72. The van der Waals surface area contributed by atoms with E-state index in [1.807, 2.05) is 3.28 Å². The summed E-state index contributed by atoms with van der Waals surface area (Å²) in [6, 6.07) is 16.2. The van der Waals surface area contributed by atoms with Crippen molar-refractivity contribution in [3.05, 3.63) is 74.6 Å². The van der Waals surface area contributed by atoms with Gasteiger partial charge >= 0.3 is 187 Å². The second-order valence-electron chi connectivity index (χ2n) is 10.5. The summed E-state index contributed by atoms with van der Waals surface area (Å²) < 4.78 is 3.55. The summed E-state index contributed by atoms with van der Waals surface area (Å²) in [4.78, 5) is 0. The number of hydrogen-bond donors (Lipinski definition) is 0. The van der Waals surface area contributed by atoms with E-state index < -0.39 is 23.2 Å². The standard InChI is InChI=1S/C15H19.C13H9.2ClH.Zr/c1-2-4-14(3-1)15-8-11-5-12(9-15)7-13(6-11)10-15;1-3-7-12-10(5-1)9-11-6-2-4-8-13(11)12;;;/h3-4,11-13H,1,5-10H2;1-5,7-8H,9H2;2*1H;/q;;;;+2/p-2. The molecule has 0 heterocycles. The Bertz CT molecular complexity index is 1040. The smallest absolute Gasteiger partial charge is 1.00 e. The Morgan fingerprint density at radius 3 is 2.19 bits per heavy atom. The first-order valence-electron chi connectivity index (χ1n) is 11.6. The fourth-order valence-corrected chi connectivity index (χ4v) is 11.2. The topological polar surface area (TPSA) is 0 Å². The molecule has 4 bridgehead atoms. The van der Waals surface area contributed by atoms with Crippen molar-refractivity contribution in [1.82, 2.24) is 0 Å². The Kier molecular flexibility index (Phi) is 5.95. The minimum Gasteiger partial charge on any atom is -1.00 e.